The van der Waals surface area contributed by atoms with Gasteiger partial charge in [0.15, 0.2) is 0 Å². The van der Waals surface area contributed by atoms with Crippen LogP contribution in [0, 0.1) is 17.0 Å². The van der Waals surface area contributed by atoms with Gasteiger partial charge in [0.05, 0.1) is 11.5 Å². The van der Waals surface area contributed by atoms with Gasteiger partial charge in [-0.2, -0.15) is 0 Å². The van der Waals surface area contributed by atoms with E-state index in [0.29, 0.717) is 35.6 Å². The third-order valence-corrected chi connectivity index (χ3v) is 5.11. The second-order valence-corrected chi connectivity index (χ2v) is 7.54. The number of benzene rings is 1. The second-order valence-electron chi connectivity index (χ2n) is 7.54. The Morgan fingerprint density at radius 2 is 1.96 bits per heavy atom. The largest absolute Gasteiger partial charge is 0.492 e. The van der Waals surface area contributed by atoms with Crippen molar-refractivity contribution in [3.63, 3.8) is 0 Å². The van der Waals surface area contributed by atoms with Crippen LogP contribution < -0.4 is 4.74 Å². The Hall–Kier alpha value is -2.45. The molecular formula is C20H29N3O5. The smallest absolute Gasteiger partial charge is 0.317 e. The highest BCUT2D eigenvalue weighted by Crippen LogP contribution is 2.32. The monoisotopic (exact) mass is 391 g/mol. The van der Waals surface area contributed by atoms with Crippen LogP contribution in [-0.4, -0.2) is 70.7 Å². The molecule has 1 aromatic rings. The lowest BCUT2D eigenvalue weighted by Gasteiger charge is -2.43. The van der Waals surface area contributed by atoms with Crippen molar-refractivity contribution in [1.29, 1.82) is 0 Å². The molecule has 1 saturated heterocycles. The van der Waals surface area contributed by atoms with E-state index in [9.17, 15) is 14.9 Å². The predicted octanol–water partition coefficient (Wildman–Crippen LogP) is 2.79. The van der Waals surface area contributed by atoms with Crippen molar-refractivity contribution < 1.29 is 19.6 Å². The summed E-state index contributed by atoms with van der Waals surface area (Å²) in [7, 11) is 0. The van der Waals surface area contributed by atoms with Crippen LogP contribution in [-0.2, 0) is 4.79 Å². The molecule has 1 aliphatic heterocycles. The molecule has 1 fully saturated rings. The minimum Gasteiger partial charge on any atom is -0.492 e. The molecule has 0 aliphatic carbocycles. The number of nitro benzene ring substituents is 1. The molecule has 0 aromatic heterocycles. The fourth-order valence-corrected chi connectivity index (χ4v) is 3.72. The third kappa shape index (κ3) is 5.30. The summed E-state index contributed by atoms with van der Waals surface area (Å²) in [6.45, 7) is 14.2. The van der Waals surface area contributed by atoms with Crippen LogP contribution in [0.3, 0.4) is 0 Å². The van der Waals surface area contributed by atoms with Gasteiger partial charge in [-0.25, -0.2) is 0 Å². The van der Waals surface area contributed by atoms with Gasteiger partial charge in [-0.05, 0) is 39.3 Å². The molecule has 2 rings (SSSR count). The first-order chi connectivity index (χ1) is 13.1. The number of carbonyl (C=O) groups is 1. The number of rotatable bonds is 8. The Morgan fingerprint density at radius 3 is 2.46 bits per heavy atom. The summed E-state index contributed by atoms with van der Waals surface area (Å²) >= 11 is 0. The Morgan fingerprint density at radius 1 is 1.36 bits per heavy atom. The molecule has 0 amide bonds. The van der Waals surface area contributed by atoms with Crippen molar-refractivity contribution in [3.8, 4) is 5.75 Å². The topological polar surface area (TPSA) is 96.2 Å². The van der Waals surface area contributed by atoms with Crippen LogP contribution in [0.5, 0.6) is 5.75 Å². The highest BCUT2D eigenvalue weighted by Gasteiger charge is 2.30. The first-order valence-corrected chi connectivity index (χ1v) is 9.37. The van der Waals surface area contributed by atoms with E-state index in [1.807, 2.05) is 18.7 Å². The van der Waals surface area contributed by atoms with E-state index < -0.39 is 10.9 Å². The van der Waals surface area contributed by atoms with Crippen molar-refractivity contribution in [3.05, 3.63) is 40.0 Å². The summed E-state index contributed by atoms with van der Waals surface area (Å²) in [5.41, 5.74) is 1.96. The van der Waals surface area contributed by atoms with E-state index in [1.165, 1.54) is 6.07 Å². The summed E-state index contributed by atoms with van der Waals surface area (Å²) in [5.74, 6) is -0.211. The number of aliphatic carboxylic acids is 1. The first-order valence-electron chi connectivity index (χ1n) is 9.37. The SMILES string of the molecule is C=C(C)c1cc([N+](=O)[O-])c(C)cc1OCCN1C[C@@H](C)N(CC(=O)O)[C@@H](C)C1. The van der Waals surface area contributed by atoms with Gasteiger partial charge >= 0.3 is 5.97 Å². The second kappa shape index (κ2) is 9.16. The van der Waals surface area contributed by atoms with E-state index in [1.54, 1.807) is 19.9 Å². The molecule has 8 heteroatoms. The standard InChI is InChI=1S/C20H29N3O5/c1-13(2)17-9-18(23(26)27)14(3)8-19(17)28-7-6-21-10-15(4)22(12-20(24)25)16(5)11-21/h8-9,15-16H,1,6-7,10-12H2,2-5H3,(H,24,25)/t15-,16+. The number of hydrogen-bond acceptors (Lipinski definition) is 6. The van der Waals surface area contributed by atoms with Crippen molar-refractivity contribution in [1.82, 2.24) is 9.80 Å². The lowest BCUT2D eigenvalue weighted by Crippen LogP contribution is -2.58. The number of carboxylic acid groups (broad SMARTS) is 1. The average Bonchev–Trinajstić information content (AvgIpc) is 2.57. The maximum Gasteiger partial charge on any atom is 0.317 e. The van der Waals surface area contributed by atoms with Crippen LogP contribution in [0.2, 0.25) is 0 Å². The van der Waals surface area contributed by atoms with Gasteiger partial charge in [-0.1, -0.05) is 6.58 Å². The number of ether oxygens (including phenoxy) is 1. The predicted molar refractivity (Wildman–Crippen MR) is 108 cm³/mol. The fourth-order valence-electron chi connectivity index (χ4n) is 3.72. The van der Waals surface area contributed by atoms with Crippen LogP contribution in [0.4, 0.5) is 5.69 Å². The summed E-state index contributed by atoms with van der Waals surface area (Å²) < 4.78 is 5.95. The highest BCUT2D eigenvalue weighted by atomic mass is 16.6. The van der Waals surface area contributed by atoms with Crippen LogP contribution in [0.15, 0.2) is 18.7 Å². The number of carboxylic acids is 1. The molecule has 0 saturated carbocycles. The minimum atomic E-state index is -0.809. The molecule has 1 heterocycles. The lowest BCUT2D eigenvalue weighted by molar-refractivity contribution is -0.385. The third-order valence-electron chi connectivity index (χ3n) is 5.11. The molecule has 0 radical (unpaired) electrons. The van der Waals surface area contributed by atoms with Crippen molar-refractivity contribution in [2.45, 2.75) is 39.8 Å². The maximum atomic E-state index is 11.2. The zero-order valence-electron chi connectivity index (χ0n) is 17.0. The molecule has 0 bridgehead atoms. The molecular weight excluding hydrogens is 362 g/mol. The molecule has 8 nitrogen and oxygen atoms in total. The number of aryl methyl sites for hydroxylation is 1. The number of hydrogen-bond donors (Lipinski definition) is 1. The molecule has 28 heavy (non-hydrogen) atoms. The van der Waals surface area contributed by atoms with Crippen molar-refractivity contribution in [2.24, 2.45) is 0 Å². The first kappa shape index (κ1) is 21.8. The molecule has 1 aromatic carbocycles. The number of nitrogens with zero attached hydrogens (tertiary/aromatic N) is 3. The van der Waals surface area contributed by atoms with Crippen molar-refractivity contribution >= 4 is 17.2 Å². The van der Waals surface area contributed by atoms with Crippen LogP contribution >= 0.6 is 0 Å². The molecule has 1 N–H and O–H groups in total. The molecule has 0 spiro atoms. The average molecular weight is 391 g/mol. The van der Waals surface area contributed by atoms with Gasteiger partial charge in [0.2, 0.25) is 0 Å². The van der Waals surface area contributed by atoms with Gasteiger partial charge in [-0.3, -0.25) is 24.7 Å². The summed E-state index contributed by atoms with van der Waals surface area (Å²) in [6.07, 6.45) is 0. The van der Waals surface area contributed by atoms with Gasteiger partial charge in [0, 0.05) is 48.9 Å². The Bertz CT molecular complexity index is 752. The molecule has 154 valence electrons. The summed E-state index contributed by atoms with van der Waals surface area (Å²) in [4.78, 5) is 26.1. The van der Waals surface area contributed by atoms with Crippen LogP contribution in [0.25, 0.3) is 5.57 Å². The Labute approximate surface area is 165 Å². The molecule has 2 atom stereocenters. The van der Waals surface area contributed by atoms with Gasteiger partial charge < -0.3 is 9.84 Å². The van der Waals surface area contributed by atoms with E-state index in [2.05, 4.69) is 11.5 Å². The number of piperazine rings is 1. The quantitative estimate of drug-likeness (QED) is 0.538. The number of nitro groups is 1. The summed E-state index contributed by atoms with van der Waals surface area (Å²) in [6, 6.07) is 3.50. The molecule has 0 unspecified atom stereocenters. The van der Waals surface area contributed by atoms with E-state index in [0.717, 1.165) is 13.1 Å². The van der Waals surface area contributed by atoms with Crippen molar-refractivity contribution in [2.75, 3.05) is 32.8 Å². The lowest BCUT2D eigenvalue weighted by atomic mass is 10.0. The Kier molecular flexibility index (Phi) is 7.15. The Balaban J connectivity index is 2.00. The summed E-state index contributed by atoms with van der Waals surface area (Å²) in [5, 5.41) is 20.2. The molecule has 1 aliphatic rings. The number of allylic oxidation sites excluding steroid dienone is 1. The van der Waals surface area contributed by atoms with E-state index in [4.69, 9.17) is 9.84 Å². The van der Waals surface area contributed by atoms with E-state index in [-0.39, 0.29) is 24.3 Å². The fraction of sp³-hybridized carbons (Fsp3) is 0.550. The van der Waals surface area contributed by atoms with Gasteiger partial charge in [0.1, 0.15) is 12.4 Å². The zero-order valence-corrected chi connectivity index (χ0v) is 17.0. The minimum absolute atomic E-state index is 0.0523. The van der Waals surface area contributed by atoms with Gasteiger partial charge in [0.25, 0.3) is 5.69 Å². The van der Waals surface area contributed by atoms with Crippen LogP contribution in [0.1, 0.15) is 31.9 Å². The highest BCUT2D eigenvalue weighted by molar-refractivity contribution is 5.71. The maximum absolute atomic E-state index is 11.2. The normalized spacial score (nSPS) is 20.7. The van der Waals surface area contributed by atoms with E-state index >= 15 is 0 Å². The zero-order chi connectivity index (χ0) is 21.0. The van der Waals surface area contributed by atoms with Gasteiger partial charge in [-0.15, -0.1) is 0 Å².